The highest BCUT2D eigenvalue weighted by atomic mass is 79.9. The second-order valence-corrected chi connectivity index (χ2v) is 5.55. The van der Waals surface area contributed by atoms with Gasteiger partial charge in [-0.1, -0.05) is 53.4 Å². The van der Waals surface area contributed by atoms with Crippen molar-refractivity contribution in [2.45, 2.75) is 38.0 Å². The molecule has 0 spiro atoms. The van der Waals surface area contributed by atoms with E-state index in [-0.39, 0.29) is 0 Å². The molecule has 2 heteroatoms. The van der Waals surface area contributed by atoms with Gasteiger partial charge in [-0.2, -0.15) is 0 Å². The van der Waals surface area contributed by atoms with Crippen molar-refractivity contribution >= 4 is 15.9 Å². The standard InChI is InChI=1S/C15H21BrO/c1-17-15-10-6-5-9-13(15)14(11-16)12-7-3-2-4-8-12/h5-6,9-10,12,14H,2-4,7-8,11H2,1H3. The van der Waals surface area contributed by atoms with E-state index < -0.39 is 0 Å². The summed E-state index contributed by atoms with van der Waals surface area (Å²) in [5.74, 6) is 2.47. The highest BCUT2D eigenvalue weighted by molar-refractivity contribution is 9.09. The summed E-state index contributed by atoms with van der Waals surface area (Å²) in [5.41, 5.74) is 1.37. The molecule has 1 aliphatic rings. The number of ether oxygens (including phenoxy) is 1. The van der Waals surface area contributed by atoms with Crippen LogP contribution in [0, 0.1) is 5.92 Å². The summed E-state index contributed by atoms with van der Waals surface area (Å²) < 4.78 is 5.50. The largest absolute Gasteiger partial charge is 0.496 e. The second kappa shape index (κ2) is 6.44. The van der Waals surface area contributed by atoms with Gasteiger partial charge in [-0.25, -0.2) is 0 Å². The predicted octanol–water partition coefficient (Wildman–Crippen LogP) is 4.75. The van der Waals surface area contributed by atoms with Crippen LogP contribution in [0.2, 0.25) is 0 Å². The molecular weight excluding hydrogens is 276 g/mol. The minimum Gasteiger partial charge on any atom is -0.496 e. The third kappa shape index (κ3) is 3.04. The monoisotopic (exact) mass is 296 g/mol. The van der Waals surface area contributed by atoms with E-state index in [2.05, 4.69) is 40.2 Å². The molecule has 0 amide bonds. The zero-order valence-corrected chi connectivity index (χ0v) is 12.1. The summed E-state index contributed by atoms with van der Waals surface area (Å²) in [6.07, 6.45) is 6.94. The molecule has 0 N–H and O–H groups in total. The summed E-state index contributed by atoms with van der Waals surface area (Å²) >= 11 is 3.70. The predicted molar refractivity (Wildman–Crippen MR) is 76.1 cm³/mol. The lowest BCUT2D eigenvalue weighted by Crippen LogP contribution is -2.18. The first-order valence-corrected chi connectivity index (χ1v) is 7.68. The summed E-state index contributed by atoms with van der Waals surface area (Å²) in [5, 5.41) is 1.04. The molecule has 1 fully saturated rings. The van der Waals surface area contributed by atoms with Crippen LogP contribution in [0.25, 0.3) is 0 Å². The van der Waals surface area contributed by atoms with Crippen LogP contribution >= 0.6 is 15.9 Å². The van der Waals surface area contributed by atoms with Crippen molar-refractivity contribution in [3.05, 3.63) is 29.8 Å². The van der Waals surface area contributed by atoms with Gasteiger partial charge in [-0.05, 0) is 30.4 Å². The Balaban J connectivity index is 2.21. The third-order valence-electron chi connectivity index (χ3n) is 3.92. The number of hydrogen-bond acceptors (Lipinski definition) is 1. The Hall–Kier alpha value is -0.500. The molecule has 1 saturated carbocycles. The quantitative estimate of drug-likeness (QED) is 0.728. The molecule has 0 aromatic heterocycles. The number of methoxy groups -OCH3 is 1. The topological polar surface area (TPSA) is 9.23 Å². The van der Waals surface area contributed by atoms with Gasteiger partial charge >= 0.3 is 0 Å². The maximum absolute atomic E-state index is 5.50. The normalized spacial score (nSPS) is 18.9. The first-order valence-electron chi connectivity index (χ1n) is 6.55. The Kier molecular flexibility index (Phi) is 4.90. The fourth-order valence-electron chi connectivity index (χ4n) is 2.97. The Morgan fingerprint density at radius 2 is 1.94 bits per heavy atom. The maximum atomic E-state index is 5.50. The van der Waals surface area contributed by atoms with Gasteiger partial charge in [0.1, 0.15) is 5.75 Å². The fraction of sp³-hybridized carbons (Fsp3) is 0.600. The van der Waals surface area contributed by atoms with Gasteiger partial charge in [-0.15, -0.1) is 0 Å². The van der Waals surface area contributed by atoms with Crippen molar-refractivity contribution in [1.29, 1.82) is 0 Å². The Morgan fingerprint density at radius 1 is 1.24 bits per heavy atom. The lowest BCUT2D eigenvalue weighted by Gasteiger charge is -2.30. The van der Waals surface area contributed by atoms with Gasteiger partial charge in [0.15, 0.2) is 0 Å². The number of rotatable bonds is 4. The van der Waals surface area contributed by atoms with Crippen molar-refractivity contribution < 1.29 is 4.74 Å². The third-order valence-corrected chi connectivity index (χ3v) is 4.62. The number of para-hydroxylation sites is 1. The number of halogens is 1. The molecule has 1 atom stereocenters. The highest BCUT2D eigenvalue weighted by Crippen LogP contribution is 2.40. The lowest BCUT2D eigenvalue weighted by atomic mass is 9.77. The van der Waals surface area contributed by atoms with Gasteiger partial charge < -0.3 is 4.74 Å². The lowest BCUT2D eigenvalue weighted by molar-refractivity contribution is 0.312. The zero-order chi connectivity index (χ0) is 12.1. The van der Waals surface area contributed by atoms with Gasteiger partial charge in [0.25, 0.3) is 0 Å². The maximum Gasteiger partial charge on any atom is 0.122 e. The minimum atomic E-state index is 0.603. The first kappa shape index (κ1) is 12.9. The van der Waals surface area contributed by atoms with E-state index in [1.807, 2.05) is 0 Å². The zero-order valence-electron chi connectivity index (χ0n) is 10.5. The summed E-state index contributed by atoms with van der Waals surface area (Å²) in [4.78, 5) is 0. The molecule has 0 radical (unpaired) electrons. The summed E-state index contributed by atoms with van der Waals surface area (Å²) in [7, 11) is 1.77. The minimum absolute atomic E-state index is 0.603. The second-order valence-electron chi connectivity index (χ2n) is 4.90. The van der Waals surface area contributed by atoms with E-state index >= 15 is 0 Å². The van der Waals surface area contributed by atoms with E-state index in [0.29, 0.717) is 5.92 Å². The Morgan fingerprint density at radius 3 is 2.59 bits per heavy atom. The molecule has 1 aromatic carbocycles. The van der Waals surface area contributed by atoms with Crippen LogP contribution < -0.4 is 4.74 Å². The summed E-state index contributed by atoms with van der Waals surface area (Å²) in [6, 6.07) is 8.47. The van der Waals surface area contributed by atoms with Crippen LogP contribution in [-0.4, -0.2) is 12.4 Å². The number of alkyl halides is 1. The number of benzene rings is 1. The van der Waals surface area contributed by atoms with Crippen LogP contribution in [0.1, 0.15) is 43.6 Å². The van der Waals surface area contributed by atoms with Gasteiger partial charge in [-0.3, -0.25) is 0 Å². The molecule has 0 heterocycles. The van der Waals surface area contributed by atoms with Crippen molar-refractivity contribution in [2.24, 2.45) is 5.92 Å². The Labute approximate surface area is 113 Å². The van der Waals surface area contributed by atoms with Crippen molar-refractivity contribution in [1.82, 2.24) is 0 Å². The number of hydrogen-bond donors (Lipinski definition) is 0. The molecule has 0 bridgehead atoms. The van der Waals surface area contributed by atoms with Crippen molar-refractivity contribution in [3.8, 4) is 5.75 Å². The summed E-state index contributed by atoms with van der Waals surface area (Å²) in [6.45, 7) is 0. The molecule has 2 rings (SSSR count). The van der Waals surface area contributed by atoms with Gasteiger partial charge in [0.2, 0.25) is 0 Å². The molecule has 1 aromatic rings. The van der Waals surface area contributed by atoms with E-state index in [1.165, 1.54) is 37.7 Å². The Bertz CT molecular complexity index is 345. The molecular formula is C15H21BrO. The van der Waals surface area contributed by atoms with E-state index in [4.69, 9.17) is 4.74 Å². The molecule has 0 saturated heterocycles. The SMILES string of the molecule is COc1ccccc1C(CBr)C1CCCCC1. The van der Waals surface area contributed by atoms with E-state index in [1.54, 1.807) is 7.11 Å². The first-order chi connectivity index (χ1) is 8.36. The van der Waals surface area contributed by atoms with Crippen LogP contribution in [0.3, 0.4) is 0 Å². The van der Waals surface area contributed by atoms with Crippen LogP contribution in [0.15, 0.2) is 24.3 Å². The van der Waals surface area contributed by atoms with Crippen molar-refractivity contribution in [2.75, 3.05) is 12.4 Å². The molecule has 1 nitrogen and oxygen atoms in total. The molecule has 94 valence electrons. The molecule has 0 aliphatic heterocycles. The van der Waals surface area contributed by atoms with Gasteiger partial charge in [0, 0.05) is 11.2 Å². The molecule has 1 aliphatic carbocycles. The smallest absolute Gasteiger partial charge is 0.122 e. The van der Waals surface area contributed by atoms with Gasteiger partial charge in [0.05, 0.1) is 7.11 Å². The average molecular weight is 297 g/mol. The fourth-order valence-corrected chi connectivity index (χ4v) is 3.85. The molecule has 1 unspecified atom stereocenters. The van der Waals surface area contributed by atoms with Crippen molar-refractivity contribution in [3.63, 3.8) is 0 Å². The van der Waals surface area contributed by atoms with Crippen LogP contribution in [0.4, 0.5) is 0 Å². The van der Waals surface area contributed by atoms with Crippen LogP contribution in [-0.2, 0) is 0 Å². The highest BCUT2D eigenvalue weighted by Gasteiger charge is 2.26. The molecule has 17 heavy (non-hydrogen) atoms. The average Bonchev–Trinajstić information content (AvgIpc) is 2.41. The van der Waals surface area contributed by atoms with E-state index in [9.17, 15) is 0 Å². The van der Waals surface area contributed by atoms with Crippen LogP contribution in [0.5, 0.6) is 5.75 Å². The van der Waals surface area contributed by atoms with E-state index in [0.717, 1.165) is 17.0 Å².